The van der Waals surface area contributed by atoms with Crippen molar-refractivity contribution in [1.82, 2.24) is 0 Å². The second kappa shape index (κ2) is 7.28. The molecular weight excluding hydrogens is 274 g/mol. The van der Waals surface area contributed by atoms with E-state index in [0.29, 0.717) is 31.9 Å². The number of nitrogens with zero attached hydrogens (tertiary/aromatic N) is 1. The highest BCUT2D eigenvalue weighted by molar-refractivity contribution is 5.89. The summed E-state index contributed by atoms with van der Waals surface area (Å²) in [7, 11) is 1.58. The van der Waals surface area contributed by atoms with E-state index in [1.807, 2.05) is 12.1 Å². The molecule has 1 fully saturated rings. The maximum atomic E-state index is 11.8. The summed E-state index contributed by atoms with van der Waals surface area (Å²) in [6.45, 7) is 3.05. The molecule has 0 radical (unpaired) electrons. The van der Waals surface area contributed by atoms with Gasteiger partial charge >= 0.3 is 6.09 Å². The summed E-state index contributed by atoms with van der Waals surface area (Å²) in [5.41, 5.74) is 0.765. The Labute approximate surface area is 124 Å². The van der Waals surface area contributed by atoms with Gasteiger partial charge in [-0.05, 0) is 31.2 Å². The van der Waals surface area contributed by atoms with Crippen LogP contribution in [0.5, 0.6) is 5.75 Å². The van der Waals surface area contributed by atoms with Gasteiger partial charge in [-0.2, -0.15) is 0 Å². The van der Waals surface area contributed by atoms with Crippen molar-refractivity contribution < 1.29 is 24.1 Å². The number of anilines is 1. The van der Waals surface area contributed by atoms with E-state index in [0.717, 1.165) is 5.69 Å². The third kappa shape index (κ3) is 4.34. The number of cyclic esters (lactones) is 1. The maximum Gasteiger partial charge on any atom is 0.414 e. The summed E-state index contributed by atoms with van der Waals surface area (Å²) in [5, 5.41) is 9.17. The minimum absolute atomic E-state index is 0.232. The smallest absolute Gasteiger partial charge is 0.414 e. The molecule has 1 N–H and O–H groups in total. The summed E-state index contributed by atoms with van der Waals surface area (Å²) in [6.07, 6.45) is -0.385. The summed E-state index contributed by atoms with van der Waals surface area (Å²) < 4.78 is 15.7. The molecule has 0 bridgehead atoms. The van der Waals surface area contributed by atoms with Gasteiger partial charge in [0.1, 0.15) is 11.9 Å². The zero-order chi connectivity index (χ0) is 15.2. The van der Waals surface area contributed by atoms with Crippen molar-refractivity contribution in [1.29, 1.82) is 0 Å². The number of aliphatic hydroxyl groups excluding tert-OH is 1. The van der Waals surface area contributed by atoms with E-state index < -0.39 is 0 Å². The third-order valence-corrected chi connectivity index (χ3v) is 3.18. The molecule has 21 heavy (non-hydrogen) atoms. The van der Waals surface area contributed by atoms with Crippen molar-refractivity contribution in [2.45, 2.75) is 25.6 Å². The molecule has 1 aliphatic rings. The Balaban J connectivity index is 1.91. The molecule has 1 aromatic carbocycles. The molecule has 6 nitrogen and oxygen atoms in total. The van der Waals surface area contributed by atoms with Crippen LogP contribution in [-0.2, 0) is 9.47 Å². The Morgan fingerprint density at radius 3 is 2.76 bits per heavy atom. The summed E-state index contributed by atoms with van der Waals surface area (Å²) >= 11 is 0. The number of amides is 1. The summed E-state index contributed by atoms with van der Waals surface area (Å²) in [4.78, 5) is 13.4. The van der Waals surface area contributed by atoms with E-state index in [1.54, 1.807) is 31.1 Å². The molecule has 2 rings (SSSR count). The van der Waals surface area contributed by atoms with Gasteiger partial charge in [-0.25, -0.2) is 4.79 Å². The lowest BCUT2D eigenvalue weighted by Crippen LogP contribution is -2.25. The zero-order valence-electron chi connectivity index (χ0n) is 12.3. The Bertz CT molecular complexity index is 460. The highest BCUT2D eigenvalue weighted by Crippen LogP contribution is 2.24. The summed E-state index contributed by atoms with van der Waals surface area (Å²) in [6, 6.07) is 7.23. The monoisotopic (exact) mass is 295 g/mol. The van der Waals surface area contributed by atoms with Gasteiger partial charge in [-0.1, -0.05) is 0 Å². The number of methoxy groups -OCH3 is 1. The van der Waals surface area contributed by atoms with E-state index in [4.69, 9.17) is 19.3 Å². The lowest BCUT2D eigenvalue weighted by Gasteiger charge is -2.14. The standard InChI is InChI=1S/C15H21NO5/c1-11(17)7-8-20-13-5-3-12(4-6-13)16-9-14(10-19-2)21-15(16)18/h3-6,11,14,17H,7-10H2,1-2H3/t11?,14-/m1/s1. The molecule has 1 aromatic rings. The zero-order valence-corrected chi connectivity index (χ0v) is 12.3. The summed E-state index contributed by atoms with van der Waals surface area (Å²) in [5.74, 6) is 0.709. The molecule has 1 unspecified atom stereocenters. The number of carbonyl (C=O) groups is 1. The van der Waals surface area contributed by atoms with Crippen LogP contribution in [0.3, 0.4) is 0 Å². The van der Waals surface area contributed by atoms with Crippen LogP contribution in [0.4, 0.5) is 10.5 Å². The molecule has 2 atom stereocenters. The number of carbonyl (C=O) groups excluding carboxylic acids is 1. The van der Waals surface area contributed by atoms with Gasteiger partial charge in [0.25, 0.3) is 0 Å². The lowest BCUT2D eigenvalue weighted by molar-refractivity contribution is 0.0718. The van der Waals surface area contributed by atoms with Gasteiger partial charge in [0, 0.05) is 19.2 Å². The molecule has 1 heterocycles. The first-order valence-electron chi connectivity index (χ1n) is 6.98. The molecule has 0 saturated carbocycles. The van der Waals surface area contributed by atoms with Crippen molar-refractivity contribution in [2.24, 2.45) is 0 Å². The quantitative estimate of drug-likeness (QED) is 0.831. The first-order chi connectivity index (χ1) is 10.1. The molecule has 1 saturated heterocycles. The molecule has 0 spiro atoms. The topological polar surface area (TPSA) is 68.2 Å². The Kier molecular flexibility index (Phi) is 5.41. The SMILES string of the molecule is COC[C@H]1CN(c2ccc(OCCC(C)O)cc2)C(=O)O1. The van der Waals surface area contributed by atoms with Crippen molar-refractivity contribution in [3.05, 3.63) is 24.3 Å². The van der Waals surface area contributed by atoms with Gasteiger partial charge in [0.15, 0.2) is 0 Å². The minimum atomic E-state index is -0.374. The fraction of sp³-hybridized carbons (Fsp3) is 0.533. The molecule has 116 valence electrons. The Hall–Kier alpha value is -1.79. The van der Waals surface area contributed by atoms with Crippen molar-refractivity contribution in [3.63, 3.8) is 0 Å². The number of ether oxygens (including phenoxy) is 3. The van der Waals surface area contributed by atoms with Gasteiger partial charge in [0.05, 0.1) is 25.9 Å². The van der Waals surface area contributed by atoms with Crippen LogP contribution in [0.25, 0.3) is 0 Å². The minimum Gasteiger partial charge on any atom is -0.493 e. The Morgan fingerprint density at radius 1 is 1.43 bits per heavy atom. The highest BCUT2D eigenvalue weighted by Gasteiger charge is 2.32. The van der Waals surface area contributed by atoms with Crippen LogP contribution in [0.15, 0.2) is 24.3 Å². The fourth-order valence-electron chi connectivity index (χ4n) is 2.07. The fourth-order valence-corrected chi connectivity index (χ4v) is 2.07. The van der Waals surface area contributed by atoms with E-state index in [1.165, 1.54) is 0 Å². The number of hydrogen-bond donors (Lipinski definition) is 1. The average molecular weight is 295 g/mol. The first-order valence-corrected chi connectivity index (χ1v) is 6.98. The van der Waals surface area contributed by atoms with E-state index in [-0.39, 0.29) is 18.3 Å². The molecular formula is C15H21NO5. The average Bonchev–Trinajstić information content (AvgIpc) is 2.80. The second-order valence-corrected chi connectivity index (χ2v) is 5.05. The predicted octanol–water partition coefficient (Wildman–Crippen LogP) is 1.81. The van der Waals surface area contributed by atoms with E-state index >= 15 is 0 Å². The third-order valence-electron chi connectivity index (χ3n) is 3.18. The number of benzene rings is 1. The number of rotatable bonds is 7. The maximum absolute atomic E-state index is 11.8. The normalized spacial score (nSPS) is 19.5. The van der Waals surface area contributed by atoms with E-state index in [2.05, 4.69) is 0 Å². The molecule has 0 aliphatic carbocycles. The van der Waals surface area contributed by atoms with Gasteiger partial charge in [-0.15, -0.1) is 0 Å². The van der Waals surface area contributed by atoms with Gasteiger partial charge < -0.3 is 19.3 Å². The van der Waals surface area contributed by atoms with Crippen LogP contribution in [0.1, 0.15) is 13.3 Å². The molecule has 1 aliphatic heterocycles. The van der Waals surface area contributed by atoms with Crippen molar-refractivity contribution >= 4 is 11.8 Å². The Morgan fingerprint density at radius 2 is 2.14 bits per heavy atom. The number of aliphatic hydroxyl groups is 1. The lowest BCUT2D eigenvalue weighted by atomic mass is 10.2. The highest BCUT2D eigenvalue weighted by atomic mass is 16.6. The molecule has 1 amide bonds. The second-order valence-electron chi connectivity index (χ2n) is 5.05. The van der Waals surface area contributed by atoms with Gasteiger partial charge in [-0.3, -0.25) is 4.90 Å². The predicted molar refractivity (Wildman–Crippen MR) is 77.7 cm³/mol. The van der Waals surface area contributed by atoms with Crippen molar-refractivity contribution in [3.8, 4) is 5.75 Å². The first kappa shape index (κ1) is 15.6. The largest absolute Gasteiger partial charge is 0.493 e. The van der Waals surface area contributed by atoms with Crippen LogP contribution >= 0.6 is 0 Å². The van der Waals surface area contributed by atoms with Crippen LogP contribution < -0.4 is 9.64 Å². The molecule has 6 heteroatoms. The van der Waals surface area contributed by atoms with Crippen LogP contribution in [0.2, 0.25) is 0 Å². The van der Waals surface area contributed by atoms with E-state index in [9.17, 15) is 4.79 Å². The van der Waals surface area contributed by atoms with Gasteiger partial charge in [0.2, 0.25) is 0 Å². The number of hydrogen-bond acceptors (Lipinski definition) is 5. The van der Waals surface area contributed by atoms with Crippen LogP contribution in [0, 0.1) is 0 Å². The van der Waals surface area contributed by atoms with Crippen LogP contribution in [-0.4, -0.2) is 50.3 Å². The molecule has 0 aromatic heterocycles. The van der Waals surface area contributed by atoms with Crippen molar-refractivity contribution in [2.75, 3.05) is 31.8 Å².